The third-order valence-corrected chi connectivity index (χ3v) is 2.93. The van der Waals surface area contributed by atoms with Crippen LogP contribution in [0.5, 0.6) is 5.75 Å². The molecule has 1 aromatic carbocycles. The number of para-hydroxylation sites is 1. The number of methoxy groups -OCH3 is 1. The Labute approximate surface area is 117 Å². The zero-order valence-electron chi connectivity index (χ0n) is 11.3. The van der Waals surface area contributed by atoms with Crippen LogP contribution in [0.15, 0.2) is 42.6 Å². The van der Waals surface area contributed by atoms with E-state index in [4.69, 9.17) is 10.5 Å². The molecule has 104 valence electrons. The molecular formula is C15H17N3O2. The van der Waals surface area contributed by atoms with Crippen molar-refractivity contribution in [3.63, 3.8) is 0 Å². The van der Waals surface area contributed by atoms with E-state index < -0.39 is 0 Å². The molecule has 0 aliphatic heterocycles. The van der Waals surface area contributed by atoms with Crippen LogP contribution in [-0.4, -0.2) is 24.5 Å². The first-order valence-electron chi connectivity index (χ1n) is 6.33. The second-order valence-corrected chi connectivity index (χ2v) is 4.26. The summed E-state index contributed by atoms with van der Waals surface area (Å²) in [5.74, 6) is 0.553. The summed E-state index contributed by atoms with van der Waals surface area (Å²) >= 11 is 0. The fraction of sp³-hybridized carbons (Fsp3) is 0.200. The molecule has 1 amide bonds. The van der Waals surface area contributed by atoms with Crippen LogP contribution < -0.4 is 15.8 Å². The molecule has 0 unspecified atom stereocenters. The maximum atomic E-state index is 11.9. The standard InChI is InChI=1S/C15H17N3O2/c1-20-13-7-3-2-5-11(13)8-10-18-15(19)14-12(16)6-4-9-17-14/h2-7,9H,8,10,16H2,1H3,(H,18,19). The number of nitrogen functional groups attached to an aromatic ring is 1. The molecule has 3 N–H and O–H groups in total. The zero-order valence-corrected chi connectivity index (χ0v) is 11.3. The van der Waals surface area contributed by atoms with E-state index in [9.17, 15) is 4.79 Å². The Bertz CT molecular complexity index is 599. The molecule has 5 nitrogen and oxygen atoms in total. The smallest absolute Gasteiger partial charge is 0.272 e. The van der Waals surface area contributed by atoms with Crippen molar-refractivity contribution in [1.82, 2.24) is 10.3 Å². The minimum Gasteiger partial charge on any atom is -0.496 e. The molecule has 20 heavy (non-hydrogen) atoms. The van der Waals surface area contributed by atoms with Gasteiger partial charge in [-0.3, -0.25) is 4.79 Å². The molecule has 5 heteroatoms. The number of nitrogens with zero attached hydrogens (tertiary/aromatic N) is 1. The van der Waals surface area contributed by atoms with Gasteiger partial charge < -0.3 is 15.8 Å². The summed E-state index contributed by atoms with van der Waals surface area (Å²) in [7, 11) is 1.63. The summed E-state index contributed by atoms with van der Waals surface area (Å²) in [6.45, 7) is 0.495. The van der Waals surface area contributed by atoms with Gasteiger partial charge in [0.2, 0.25) is 0 Å². The lowest BCUT2D eigenvalue weighted by molar-refractivity contribution is 0.0950. The number of carbonyl (C=O) groups is 1. The number of nitrogens with one attached hydrogen (secondary N) is 1. The van der Waals surface area contributed by atoms with Crippen molar-refractivity contribution in [2.75, 3.05) is 19.4 Å². The van der Waals surface area contributed by atoms with Gasteiger partial charge in [-0.15, -0.1) is 0 Å². The number of ether oxygens (including phenoxy) is 1. The SMILES string of the molecule is COc1ccccc1CCNC(=O)c1ncccc1N. The van der Waals surface area contributed by atoms with Crippen LogP contribution in [0.1, 0.15) is 16.1 Å². The predicted molar refractivity (Wildman–Crippen MR) is 77.7 cm³/mol. The lowest BCUT2D eigenvalue weighted by atomic mass is 10.1. The molecule has 0 atom stereocenters. The molecule has 0 radical (unpaired) electrons. The van der Waals surface area contributed by atoms with Gasteiger partial charge in [-0.05, 0) is 30.2 Å². The van der Waals surface area contributed by atoms with Crippen LogP contribution in [0.3, 0.4) is 0 Å². The largest absolute Gasteiger partial charge is 0.496 e. The molecule has 0 spiro atoms. The molecular weight excluding hydrogens is 254 g/mol. The van der Waals surface area contributed by atoms with Crippen LogP contribution in [0.25, 0.3) is 0 Å². The number of carbonyl (C=O) groups excluding carboxylic acids is 1. The quantitative estimate of drug-likeness (QED) is 0.866. The summed E-state index contributed by atoms with van der Waals surface area (Å²) in [6, 6.07) is 11.1. The summed E-state index contributed by atoms with van der Waals surface area (Å²) in [5.41, 5.74) is 7.39. The monoisotopic (exact) mass is 271 g/mol. The Morgan fingerprint density at radius 3 is 2.85 bits per heavy atom. The Hall–Kier alpha value is -2.56. The number of rotatable bonds is 5. The lowest BCUT2D eigenvalue weighted by Gasteiger charge is -2.09. The molecule has 0 aliphatic carbocycles. The number of pyridine rings is 1. The van der Waals surface area contributed by atoms with Gasteiger partial charge in [-0.25, -0.2) is 4.98 Å². The Morgan fingerprint density at radius 2 is 2.10 bits per heavy atom. The van der Waals surface area contributed by atoms with E-state index in [0.717, 1.165) is 11.3 Å². The fourth-order valence-electron chi connectivity index (χ4n) is 1.91. The zero-order chi connectivity index (χ0) is 14.4. The van der Waals surface area contributed by atoms with Crippen molar-refractivity contribution in [1.29, 1.82) is 0 Å². The fourth-order valence-corrected chi connectivity index (χ4v) is 1.91. The van der Waals surface area contributed by atoms with Crippen molar-refractivity contribution in [2.24, 2.45) is 0 Å². The minimum atomic E-state index is -0.266. The second kappa shape index (κ2) is 6.56. The van der Waals surface area contributed by atoms with Gasteiger partial charge in [0.15, 0.2) is 5.69 Å². The van der Waals surface area contributed by atoms with Crippen LogP contribution in [0.2, 0.25) is 0 Å². The van der Waals surface area contributed by atoms with Crippen molar-refractivity contribution < 1.29 is 9.53 Å². The molecule has 1 aromatic heterocycles. The van der Waals surface area contributed by atoms with E-state index >= 15 is 0 Å². The molecule has 1 heterocycles. The maximum absolute atomic E-state index is 11.9. The number of anilines is 1. The van der Waals surface area contributed by atoms with Gasteiger partial charge >= 0.3 is 0 Å². The molecule has 0 fully saturated rings. The van der Waals surface area contributed by atoms with Crippen molar-refractivity contribution in [2.45, 2.75) is 6.42 Å². The molecule has 0 bridgehead atoms. The third kappa shape index (κ3) is 3.26. The van der Waals surface area contributed by atoms with Crippen LogP contribution in [0.4, 0.5) is 5.69 Å². The third-order valence-electron chi connectivity index (χ3n) is 2.93. The summed E-state index contributed by atoms with van der Waals surface area (Å²) in [6.07, 6.45) is 2.23. The highest BCUT2D eigenvalue weighted by molar-refractivity contribution is 5.96. The van der Waals surface area contributed by atoms with Gasteiger partial charge in [0.25, 0.3) is 5.91 Å². The number of benzene rings is 1. The average Bonchev–Trinajstić information content (AvgIpc) is 2.48. The molecule has 0 saturated heterocycles. The first-order valence-corrected chi connectivity index (χ1v) is 6.33. The number of nitrogens with two attached hydrogens (primary N) is 1. The topological polar surface area (TPSA) is 77.2 Å². The van der Waals surface area contributed by atoms with Crippen molar-refractivity contribution >= 4 is 11.6 Å². The highest BCUT2D eigenvalue weighted by atomic mass is 16.5. The van der Waals surface area contributed by atoms with Crippen molar-refractivity contribution in [3.05, 3.63) is 53.9 Å². The van der Waals surface area contributed by atoms with Crippen LogP contribution in [0, 0.1) is 0 Å². The normalized spacial score (nSPS) is 10.1. The van der Waals surface area contributed by atoms with Crippen LogP contribution in [-0.2, 0) is 6.42 Å². The Kier molecular flexibility index (Phi) is 4.55. The summed E-state index contributed by atoms with van der Waals surface area (Å²) in [4.78, 5) is 15.9. The van der Waals surface area contributed by atoms with Gasteiger partial charge in [0.05, 0.1) is 12.8 Å². The van der Waals surface area contributed by atoms with Gasteiger partial charge in [-0.1, -0.05) is 18.2 Å². The van der Waals surface area contributed by atoms with E-state index in [1.165, 1.54) is 0 Å². The van der Waals surface area contributed by atoms with E-state index in [0.29, 0.717) is 18.7 Å². The summed E-state index contributed by atoms with van der Waals surface area (Å²) < 4.78 is 5.26. The predicted octanol–water partition coefficient (Wildman–Crippen LogP) is 1.64. The molecule has 2 rings (SSSR count). The van der Waals surface area contributed by atoms with E-state index in [1.54, 1.807) is 25.4 Å². The number of aromatic nitrogens is 1. The molecule has 0 aliphatic rings. The minimum absolute atomic E-state index is 0.257. The van der Waals surface area contributed by atoms with Gasteiger partial charge in [-0.2, -0.15) is 0 Å². The Morgan fingerprint density at radius 1 is 1.30 bits per heavy atom. The first-order chi connectivity index (χ1) is 9.72. The number of amides is 1. The number of hydrogen-bond donors (Lipinski definition) is 2. The van der Waals surface area contributed by atoms with E-state index in [2.05, 4.69) is 10.3 Å². The molecule has 2 aromatic rings. The van der Waals surface area contributed by atoms with Gasteiger partial charge in [0.1, 0.15) is 5.75 Å². The maximum Gasteiger partial charge on any atom is 0.272 e. The average molecular weight is 271 g/mol. The summed E-state index contributed by atoms with van der Waals surface area (Å²) in [5, 5.41) is 2.80. The Balaban J connectivity index is 1.93. The second-order valence-electron chi connectivity index (χ2n) is 4.26. The van der Waals surface area contributed by atoms with Crippen LogP contribution >= 0.6 is 0 Å². The highest BCUT2D eigenvalue weighted by Gasteiger charge is 2.10. The lowest BCUT2D eigenvalue weighted by Crippen LogP contribution is -2.27. The highest BCUT2D eigenvalue weighted by Crippen LogP contribution is 2.17. The van der Waals surface area contributed by atoms with E-state index in [-0.39, 0.29) is 11.6 Å². The first kappa shape index (κ1) is 13.9. The number of hydrogen-bond acceptors (Lipinski definition) is 4. The molecule has 0 saturated carbocycles. The van der Waals surface area contributed by atoms with Gasteiger partial charge in [0, 0.05) is 12.7 Å². The van der Waals surface area contributed by atoms with E-state index in [1.807, 2.05) is 24.3 Å². The van der Waals surface area contributed by atoms with Crippen molar-refractivity contribution in [3.8, 4) is 5.75 Å².